The molecule has 0 aliphatic heterocycles. The van der Waals surface area contributed by atoms with E-state index in [0.717, 1.165) is 6.42 Å². The summed E-state index contributed by atoms with van der Waals surface area (Å²) in [6, 6.07) is -3.92. The van der Waals surface area contributed by atoms with Gasteiger partial charge in [0.2, 0.25) is 17.7 Å². The smallest absolute Gasteiger partial charge is 0.325 e. The first-order chi connectivity index (χ1) is 15.9. The number of amides is 3. The zero-order chi connectivity index (χ0) is 26.3. The number of nitrogens with two attached hydrogens (primary N) is 4. The quantitative estimate of drug-likeness (QED) is 0.0649. The van der Waals surface area contributed by atoms with Crippen molar-refractivity contribution < 1.29 is 24.3 Å². The number of unbranched alkanes of at least 4 members (excludes halogenated alkanes) is 1. The van der Waals surface area contributed by atoms with Crippen LogP contribution in [0.5, 0.6) is 0 Å². The molecule has 13 heteroatoms. The molecular weight excluding hydrogens is 444 g/mol. The Morgan fingerprint density at radius 1 is 0.912 bits per heavy atom. The summed E-state index contributed by atoms with van der Waals surface area (Å²) in [6.45, 7) is 5.66. The van der Waals surface area contributed by atoms with E-state index in [2.05, 4.69) is 20.9 Å². The Bertz CT molecular complexity index is 699. The number of aliphatic imine (C=N–C) groups is 1. The molecular formula is C21H42N8O5. The van der Waals surface area contributed by atoms with Crippen molar-refractivity contribution >= 4 is 29.7 Å². The van der Waals surface area contributed by atoms with Crippen molar-refractivity contribution in [1.29, 1.82) is 0 Å². The van der Waals surface area contributed by atoms with Gasteiger partial charge >= 0.3 is 5.97 Å². The van der Waals surface area contributed by atoms with E-state index in [9.17, 15) is 19.2 Å². The maximum Gasteiger partial charge on any atom is 0.325 e. The van der Waals surface area contributed by atoms with Gasteiger partial charge in [-0.1, -0.05) is 26.7 Å². The van der Waals surface area contributed by atoms with Crippen LogP contribution in [0.25, 0.3) is 0 Å². The lowest BCUT2D eigenvalue weighted by Gasteiger charge is -2.27. The fourth-order valence-corrected chi connectivity index (χ4v) is 3.01. The van der Waals surface area contributed by atoms with E-state index in [1.54, 1.807) is 6.92 Å². The lowest BCUT2D eigenvalue weighted by molar-refractivity contribution is -0.142. The van der Waals surface area contributed by atoms with E-state index < -0.39 is 47.9 Å². The zero-order valence-corrected chi connectivity index (χ0v) is 20.4. The van der Waals surface area contributed by atoms with Crippen molar-refractivity contribution in [1.82, 2.24) is 16.0 Å². The number of hydrogen-bond acceptors (Lipinski definition) is 7. The van der Waals surface area contributed by atoms with Gasteiger partial charge in [0, 0.05) is 6.54 Å². The van der Waals surface area contributed by atoms with Crippen molar-refractivity contribution in [2.24, 2.45) is 33.8 Å². The van der Waals surface area contributed by atoms with Gasteiger partial charge in [-0.25, -0.2) is 0 Å². The molecule has 0 aromatic rings. The van der Waals surface area contributed by atoms with Crippen LogP contribution in [0.1, 0.15) is 59.3 Å². The van der Waals surface area contributed by atoms with E-state index in [0.29, 0.717) is 32.2 Å². The highest BCUT2D eigenvalue weighted by Crippen LogP contribution is 2.10. The molecule has 0 spiro atoms. The van der Waals surface area contributed by atoms with Crippen LogP contribution in [0.4, 0.5) is 0 Å². The molecule has 0 heterocycles. The summed E-state index contributed by atoms with van der Waals surface area (Å²) in [5.74, 6) is -3.29. The number of nitrogens with zero attached hydrogens (tertiary/aromatic N) is 1. The molecule has 0 aromatic heterocycles. The molecule has 0 aliphatic rings. The number of guanidine groups is 1. The molecule has 0 rings (SSSR count). The molecule has 0 aromatic carbocycles. The van der Waals surface area contributed by atoms with Crippen molar-refractivity contribution in [2.45, 2.75) is 83.5 Å². The molecule has 196 valence electrons. The van der Waals surface area contributed by atoms with E-state index in [4.69, 9.17) is 28.0 Å². The molecule has 0 fully saturated rings. The Labute approximate surface area is 200 Å². The van der Waals surface area contributed by atoms with Crippen molar-refractivity contribution in [3.8, 4) is 0 Å². The number of carbonyl (C=O) groups is 4. The van der Waals surface area contributed by atoms with Gasteiger partial charge in [0.15, 0.2) is 5.96 Å². The second kappa shape index (κ2) is 16.6. The van der Waals surface area contributed by atoms with Gasteiger partial charge < -0.3 is 44.0 Å². The number of rotatable bonds is 17. The first-order valence-electron chi connectivity index (χ1n) is 11.6. The fourth-order valence-electron chi connectivity index (χ4n) is 3.01. The monoisotopic (exact) mass is 486 g/mol. The Morgan fingerprint density at radius 3 is 2.09 bits per heavy atom. The first-order valence-corrected chi connectivity index (χ1v) is 11.6. The third-order valence-corrected chi connectivity index (χ3v) is 5.41. The Morgan fingerprint density at radius 2 is 1.56 bits per heavy atom. The number of hydrogen-bond donors (Lipinski definition) is 8. The summed E-state index contributed by atoms with van der Waals surface area (Å²) in [5, 5.41) is 16.7. The van der Waals surface area contributed by atoms with Crippen LogP contribution < -0.4 is 38.9 Å². The largest absolute Gasteiger partial charge is 0.480 e. The molecule has 0 radical (unpaired) electrons. The predicted octanol–water partition coefficient (Wildman–Crippen LogP) is -1.90. The second-order valence-electron chi connectivity index (χ2n) is 8.34. The Kier molecular flexibility index (Phi) is 15.2. The Balaban J connectivity index is 5.44. The van der Waals surface area contributed by atoms with Crippen molar-refractivity contribution in [3.63, 3.8) is 0 Å². The van der Waals surface area contributed by atoms with Crippen molar-refractivity contribution in [2.75, 3.05) is 13.1 Å². The molecule has 0 saturated carbocycles. The fraction of sp³-hybridized carbons (Fsp3) is 0.762. The number of aliphatic carboxylic acids is 1. The third-order valence-electron chi connectivity index (χ3n) is 5.41. The highest BCUT2D eigenvalue weighted by molar-refractivity contribution is 5.94. The van der Waals surface area contributed by atoms with Gasteiger partial charge in [0.05, 0.1) is 6.04 Å². The topological polar surface area (TPSA) is 241 Å². The SMILES string of the molecule is CCC(C)C(NC(=O)C(CCCN=C(N)N)NC(=O)C(N)CCCCN)C(=O)NC(C)C(=O)O. The molecule has 0 aliphatic carbocycles. The van der Waals surface area contributed by atoms with Crippen LogP contribution >= 0.6 is 0 Å². The molecule has 5 atom stereocenters. The minimum atomic E-state index is -1.20. The van der Waals surface area contributed by atoms with Gasteiger partial charge in [0.25, 0.3) is 0 Å². The predicted molar refractivity (Wildman–Crippen MR) is 129 cm³/mol. The zero-order valence-electron chi connectivity index (χ0n) is 20.4. The minimum Gasteiger partial charge on any atom is -0.480 e. The van der Waals surface area contributed by atoms with Crippen LogP contribution in [0.3, 0.4) is 0 Å². The van der Waals surface area contributed by atoms with Gasteiger partial charge in [-0.2, -0.15) is 0 Å². The van der Waals surface area contributed by atoms with Crippen LogP contribution in [0.15, 0.2) is 4.99 Å². The average Bonchev–Trinajstić information content (AvgIpc) is 2.78. The molecule has 12 N–H and O–H groups in total. The lowest BCUT2D eigenvalue weighted by Crippen LogP contribution is -2.58. The van der Waals surface area contributed by atoms with Gasteiger partial charge in [0.1, 0.15) is 18.1 Å². The van der Waals surface area contributed by atoms with Crippen LogP contribution in [-0.2, 0) is 19.2 Å². The van der Waals surface area contributed by atoms with Crippen LogP contribution in [-0.4, -0.2) is 72.0 Å². The summed E-state index contributed by atoms with van der Waals surface area (Å²) in [4.78, 5) is 53.3. The number of carboxylic acid groups (broad SMARTS) is 1. The summed E-state index contributed by atoms with van der Waals surface area (Å²) < 4.78 is 0. The summed E-state index contributed by atoms with van der Waals surface area (Å²) in [6.07, 6.45) is 2.94. The minimum absolute atomic E-state index is 0.0898. The number of nitrogens with one attached hydrogen (secondary N) is 3. The third kappa shape index (κ3) is 12.3. The van der Waals surface area contributed by atoms with Gasteiger partial charge in [-0.05, 0) is 45.1 Å². The summed E-state index contributed by atoms with van der Waals surface area (Å²) >= 11 is 0. The first kappa shape index (κ1) is 31.1. The number of carboxylic acids is 1. The Hall–Kier alpha value is -2.93. The molecule has 5 unspecified atom stereocenters. The standard InChI is InChI=1S/C21H42N8O5/c1-4-12(2)16(19(32)27-13(3)20(33)34)29-18(31)15(9-7-11-26-21(24)25)28-17(30)14(23)8-5-6-10-22/h12-16H,4-11,22-23H2,1-3H3,(H,27,32)(H,28,30)(H,29,31)(H,33,34)(H4,24,25,26). The highest BCUT2D eigenvalue weighted by Gasteiger charge is 2.31. The van der Waals surface area contributed by atoms with E-state index in [1.807, 2.05) is 6.92 Å². The van der Waals surface area contributed by atoms with Crippen molar-refractivity contribution in [3.05, 3.63) is 0 Å². The molecule has 13 nitrogen and oxygen atoms in total. The number of carbonyl (C=O) groups excluding carboxylic acids is 3. The van der Waals surface area contributed by atoms with Crippen LogP contribution in [0, 0.1) is 5.92 Å². The van der Waals surface area contributed by atoms with Crippen LogP contribution in [0.2, 0.25) is 0 Å². The van der Waals surface area contributed by atoms with E-state index in [1.165, 1.54) is 6.92 Å². The van der Waals surface area contributed by atoms with Gasteiger partial charge in [-0.3, -0.25) is 24.2 Å². The molecule has 3 amide bonds. The molecule has 0 bridgehead atoms. The summed E-state index contributed by atoms with van der Waals surface area (Å²) in [7, 11) is 0. The van der Waals surface area contributed by atoms with E-state index in [-0.39, 0.29) is 24.8 Å². The second-order valence-corrected chi connectivity index (χ2v) is 8.34. The van der Waals surface area contributed by atoms with E-state index >= 15 is 0 Å². The molecule has 34 heavy (non-hydrogen) atoms. The lowest BCUT2D eigenvalue weighted by atomic mass is 9.97. The van der Waals surface area contributed by atoms with Gasteiger partial charge in [-0.15, -0.1) is 0 Å². The average molecular weight is 487 g/mol. The normalized spacial score (nSPS) is 15.2. The molecule has 0 saturated heterocycles. The maximum atomic E-state index is 13.1. The highest BCUT2D eigenvalue weighted by atomic mass is 16.4. The maximum absolute atomic E-state index is 13.1. The summed E-state index contributed by atoms with van der Waals surface area (Å²) in [5.41, 5.74) is 22.1.